The van der Waals surface area contributed by atoms with Gasteiger partial charge in [-0.25, -0.2) is 18.6 Å². The molecule has 0 saturated carbocycles. The van der Waals surface area contributed by atoms with Crippen LogP contribution in [0.25, 0.3) is 6.08 Å². The van der Waals surface area contributed by atoms with Crippen molar-refractivity contribution in [1.29, 1.82) is 0 Å². The number of ether oxygens (including phenoxy) is 4. The number of hydroxylamine groups is 1. The minimum Gasteiger partial charge on any atom is -0.496 e. The van der Waals surface area contributed by atoms with Crippen molar-refractivity contribution in [2.75, 3.05) is 13.9 Å². The van der Waals surface area contributed by atoms with Gasteiger partial charge in [0.05, 0.1) is 24.7 Å². The quantitative estimate of drug-likeness (QED) is 0.169. The van der Waals surface area contributed by atoms with E-state index in [9.17, 15) is 18.0 Å². The Morgan fingerprint density at radius 1 is 0.915 bits per heavy atom. The van der Waals surface area contributed by atoms with Crippen LogP contribution in [-0.2, 0) is 32.7 Å². The Hall–Kier alpha value is -5.33. The predicted molar refractivity (Wildman–Crippen MR) is 174 cm³/mol. The van der Waals surface area contributed by atoms with Crippen molar-refractivity contribution >= 4 is 27.9 Å². The Bertz CT molecular complexity index is 1850. The van der Waals surface area contributed by atoms with E-state index in [0.29, 0.717) is 41.0 Å². The molecule has 0 bridgehead atoms. The summed E-state index contributed by atoms with van der Waals surface area (Å²) < 4.78 is 50.7. The molecule has 1 heterocycles. The molecule has 244 valence electrons. The number of hydrogen-bond acceptors (Lipinski definition) is 9. The van der Waals surface area contributed by atoms with Crippen LogP contribution in [0.3, 0.4) is 0 Å². The molecule has 0 aromatic heterocycles. The van der Waals surface area contributed by atoms with Gasteiger partial charge >= 0.3 is 0 Å². The Balaban J connectivity index is 1.43. The second kappa shape index (κ2) is 15.3. The zero-order valence-corrected chi connectivity index (χ0v) is 26.6. The van der Waals surface area contributed by atoms with Crippen molar-refractivity contribution < 1.29 is 41.8 Å². The smallest absolute Gasteiger partial charge is 0.279 e. The van der Waals surface area contributed by atoms with Gasteiger partial charge in [0.15, 0.2) is 11.5 Å². The molecule has 11 nitrogen and oxygen atoms in total. The molecule has 0 spiro atoms. The molecule has 1 aliphatic rings. The third-order valence-electron chi connectivity index (χ3n) is 7.06. The number of nitrogens with one attached hydrogen (secondary N) is 2. The first-order valence-corrected chi connectivity index (χ1v) is 16.3. The van der Waals surface area contributed by atoms with Crippen molar-refractivity contribution in [3.63, 3.8) is 0 Å². The largest absolute Gasteiger partial charge is 0.496 e. The lowest BCUT2D eigenvalue weighted by atomic mass is 10.0. The summed E-state index contributed by atoms with van der Waals surface area (Å²) in [6.45, 7) is 2.11. The third kappa shape index (κ3) is 8.69. The van der Waals surface area contributed by atoms with Crippen molar-refractivity contribution in [2.45, 2.75) is 32.5 Å². The first kappa shape index (κ1) is 33.0. The van der Waals surface area contributed by atoms with Gasteiger partial charge in [0.1, 0.15) is 11.5 Å². The van der Waals surface area contributed by atoms with Gasteiger partial charge in [-0.1, -0.05) is 80.1 Å². The van der Waals surface area contributed by atoms with E-state index in [1.165, 1.54) is 19.3 Å². The normalized spacial score (nSPS) is 12.8. The van der Waals surface area contributed by atoms with Gasteiger partial charge in [-0.05, 0) is 47.4 Å². The van der Waals surface area contributed by atoms with Crippen LogP contribution in [0.15, 0.2) is 96.4 Å². The number of aryl methyl sites for hydroxylation is 1. The molecular weight excluding hydrogens is 624 g/mol. The minimum atomic E-state index is -4.22. The second-order valence-electron chi connectivity index (χ2n) is 10.5. The van der Waals surface area contributed by atoms with Gasteiger partial charge in [-0.15, -0.1) is 0 Å². The fourth-order valence-corrected chi connectivity index (χ4v) is 5.57. The van der Waals surface area contributed by atoms with Crippen LogP contribution in [-0.4, -0.2) is 34.1 Å². The van der Waals surface area contributed by atoms with Gasteiger partial charge in [-0.3, -0.25) is 14.4 Å². The minimum absolute atomic E-state index is 0.00556. The topological polar surface area (TPSA) is 138 Å². The lowest BCUT2D eigenvalue weighted by molar-refractivity contribution is -0.126. The molecule has 4 aromatic carbocycles. The molecular formula is C35H34N2O9S. The van der Waals surface area contributed by atoms with E-state index in [-0.39, 0.29) is 30.5 Å². The molecule has 1 atom stereocenters. The number of carbonyl (C=O) groups excluding carboxylic acids is 2. The van der Waals surface area contributed by atoms with E-state index in [1.807, 2.05) is 43.3 Å². The predicted octanol–water partition coefficient (Wildman–Crippen LogP) is 5.48. The molecule has 0 fully saturated rings. The van der Waals surface area contributed by atoms with Crippen molar-refractivity contribution in [2.24, 2.45) is 0 Å². The number of fused-ring (bicyclic) bond motifs is 1. The fraction of sp³-hybridized carbons (Fsp3) is 0.200. The van der Waals surface area contributed by atoms with Crippen LogP contribution >= 0.6 is 0 Å². The summed E-state index contributed by atoms with van der Waals surface area (Å²) in [5, 5.41) is 0.912. The zero-order valence-electron chi connectivity index (χ0n) is 25.8. The van der Waals surface area contributed by atoms with E-state index in [1.54, 1.807) is 48.5 Å². The maximum absolute atomic E-state index is 13.7. The average Bonchev–Trinajstić information content (AvgIpc) is 3.55. The molecule has 47 heavy (non-hydrogen) atoms. The number of sulfonamides is 1. The second-order valence-corrected chi connectivity index (χ2v) is 12.0. The first-order valence-electron chi connectivity index (χ1n) is 14.8. The maximum Gasteiger partial charge on any atom is 0.279 e. The van der Waals surface area contributed by atoms with Gasteiger partial charge in [0.25, 0.3) is 21.8 Å². The number of amides is 2. The number of hydrogen-bond donors (Lipinski definition) is 2. The lowest BCUT2D eigenvalue weighted by Crippen LogP contribution is -2.36. The monoisotopic (exact) mass is 658 g/mol. The zero-order chi connectivity index (χ0) is 33.2. The standard InChI is InChI=1S/C35H34N2O9S/c1-3-10-26-19-28(34(38)36-45-22-25-13-8-5-9-14-25)31(42-2)21-30(26)46-33(27-15-16-29-32(20-27)44-23-43-29)35(39)37-47(40,41)18-17-24-11-6-4-7-12-24/h4-9,11-21,33H,3,10,22-23H2,1-2H3,(H,36,38)(H,37,39)/b18-17+. The van der Waals surface area contributed by atoms with Gasteiger partial charge < -0.3 is 18.9 Å². The Kier molecular flexibility index (Phi) is 10.8. The maximum atomic E-state index is 13.7. The molecule has 0 radical (unpaired) electrons. The molecule has 5 rings (SSSR count). The highest BCUT2D eigenvalue weighted by atomic mass is 32.2. The SMILES string of the molecule is CCCc1cc(C(=O)NOCc2ccccc2)c(OC)cc1OC(C(=O)NS(=O)(=O)/C=C/c1ccccc1)c1ccc2c(c1)OCO2. The Labute approximate surface area is 273 Å². The molecule has 2 amide bonds. The van der Waals surface area contributed by atoms with Crippen molar-refractivity contribution in [3.8, 4) is 23.0 Å². The highest BCUT2D eigenvalue weighted by Gasteiger charge is 2.30. The van der Waals surface area contributed by atoms with Crippen molar-refractivity contribution in [3.05, 3.63) is 124 Å². The van der Waals surface area contributed by atoms with E-state index in [2.05, 4.69) is 10.2 Å². The summed E-state index contributed by atoms with van der Waals surface area (Å²) >= 11 is 0. The van der Waals surface area contributed by atoms with E-state index in [0.717, 1.165) is 11.0 Å². The summed E-state index contributed by atoms with van der Waals surface area (Å²) in [7, 11) is -2.83. The van der Waals surface area contributed by atoms with Crippen LogP contribution in [0, 0.1) is 0 Å². The molecule has 12 heteroatoms. The lowest BCUT2D eigenvalue weighted by Gasteiger charge is -2.22. The number of benzene rings is 4. The molecule has 0 saturated heterocycles. The third-order valence-corrected chi connectivity index (χ3v) is 8.04. The van der Waals surface area contributed by atoms with E-state index >= 15 is 0 Å². The summed E-state index contributed by atoms with van der Waals surface area (Å²) in [6.07, 6.45) is 1.08. The summed E-state index contributed by atoms with van der Waals surface area (Å²) in [6, 6.07) is 26.0. The van der Waals surface area contributed by atoms with Crippen LogP contribution in [0.1, 0.15) is 52.1 Å². The van der Waals surface area contributed by atoms with E-state index in [4.69, 9.17) is 23.8 Å². The van der Waals surface area contributed by atoms with Crippen LogP contribution in [0.2, 0.25) is 0 Å². The highest BCUT2D eigenvalue weighted by molar-refractivity contribution is 7.93. The van der Waals surface area contributed by atoms with Crippen LogP contribution in [0.5, 0.6) is 23.0 Å². The molecule has 4 aromatic rings. The summed E-state index contributed by atoms with van der Waals surface area (Å²) in [4.78, 5) is 32.2. The van der Waals surface area contributed by atoms with Gasteiger partial charge in [-0.2, -0.15) is 0 Å². The molecule has 1 unspecified atom stereocenters. The van der Waals surface area contributed by atoms with E-state index < -0.39 is 27.9 Å². The number of rotatable bonds is 14. The average molecular weight is 659 g/mol. The molecule has 0 aliphatic carbocycles. The highest BCUT2D eigenvalue weighted by Crippen LogP contribution is 2.38. The molecule has 1 aliphatic heterocycles. The summed E-state index contributed by atoms with van der Waals surface area (Å²) in [5.41, 5.74) is 5.05. The fourth-order valence-electron chi connectivity index (χ4n) is 4.78. The first-order chi connectivity index (χ1) is 22.8. The van der Waals surface area contributed by atoms with Crippen LogP contribution < -0.4 is 29.1 Å². The Morgan fingerprint density at radius 2 is 1.64 bits per heavy atom. The van der Waals surface area contributed by atoms with Crippen molar-refractivity contribution in [1.82, 2.24) is 10.2 Å². The molecule has 2 N–H and O–H groups in total. The Morgan fingerprint density at radius 3 is 2.36 bits per heavy atom. The van der Waals surface area contributed by atoms with Gasteiger partial charge in [0, 0.05) is 11.6 Å². The number of methoxy groups -OCH3 is 1. The number of carbonyl (C=O) groups is 2. The van der Waals surface area contributed by atoms with Gasteiger partial charge in [0.2, 0.25) is 12.9 Å². The summed E-state index contributed by atoms with van der Waals surface area (Å²) in [5.74, 6) is -0.249. The van der Waals surface area contributed by atoms with Crippen LogP contribution in [0.4, 0.5) is 0 Å².